The smallest absolute Gasteiger partial charge is 0.233 e. The van der Waals surface area contributed by atoms with Crippen LogP contribution in [-0.2, 0) is 12.8 Å². The Balaban J connectivity index is 0.000000184. The van der Waals surface area contributed by atoms with Gasteiger partial charge in [0.05, 0.1) is 40.1 Å². The topological polar surface area (TPSA) is 78.8 Å². The Kier molecular flexibility index (Phi) is 14.9. The van der Waals surface area contributed by atoms with Crippen LogP contribution >= 0.6 is 62.3 Å². The molecule has 4 aromatic carbocycles. The van der Waals surface area contributed by atoms with Crippen LogP contribution in [0.5, 0.6) is 11.8 Å². The molecule has 0 aliphatic carbocycles. The normalized spacial score (nSPS) is 11.2. The van der Waals surface area contributed by atoms with E-state index in [-0.39, 0.29) is 0 Å². The molecule has 0 saturated heterocycles. The number of nitrogens with zero attached hydrogens (tertiary/aromatic N) is 6. The van der Waals surface area contributed by atoms with Crippen molar-refractivity contribution in [1.82, 2.24) is 29.2 Å². The number of unbranched alkanes of at least 4 members (excludes halogenated alkanes) is 2. The first-order chi connectivity index (χ1) is 29.7. The summed E-state index contributed by atoms with van der Waals surface area (Å²) in [6.45, 7) is 9.34. The maximum atomic E-state index is 6.57. The minimum Gasteiger partial charge on any atom is -0.478 e. The highest BCUT2D eigenvalue weighted by Crippen LogP contribution is 2.42. The number of rotatable bonds is 14. The second-order valence-electron chi connectivity index (χ2n) is 14.2. The molecule has 4 aromatic heterocycles. The predicted molar refractivity (Wildman–Crippen MR) is 255 cm³/mol. The standard InChI is InChI=1S/C24H22BrCl2N3O.C24H23Cl2N3O/c1-3-5-10-19-21(25)24(31-4-2)30-23(28-19)20(15-11-13-16(26)14-12-15)22(29-30)17-8-6-7-9-18(17)27;1-3-5-8-18-15-21(30-4-2)29-24(27-18)22(16-11-13-17(25)14-12-16)23(28-29)19-9-6-7-10-20(19)26/h6-9,11-14H,3-5,10H2,1-2H3;6-7,9-15H,3-5,8H2,1-2H3. The van der Waals surface area contributed by atoms with Crippen LogP contribution < -0.4 is 9.47 Å². The lowest BCUT2D eigenvalue weighted by Crippen LogP contribution is -2.06. The first-order valence-corrected chi connectivity index (χ1v) is 22.8. The van der Waals surface area contributed by atoms with Gasteiger partial charge in [-0.3, -0.25) is 0 Å². The molecule has 0 bridgehead atoms. The van der Waals surface area contributed by atoms with Crippen LogP contribution in [0, 0.1) is 0 Å². The van der Waals surface area contributed by atoms with Crippen molar-refractivity contribution < 1.29 is 9.47 Å². The highest BCUT2D eigenvalue weighted by molar-refractivity contribution is 9.10. The van der Waals surface area contributed by atoms with Crippen LogP contribution in [0.25, 0.3) is 56.1 Å². The molecule has 0 amide bonds. The Morgan fingerprint density at radius 3 is 1.57 bits per heavy atom. The van der Waals surface area contributed by atoms with E-state index in [0.717, 1.165) is 110 Å². The Hall–Kier alpha value is -4.64. The van der Waals surface area contributed by atoms with Gasteiger partial charge >= 0.3 is 0 Å². The molecule has 0 unspecified atom stereocenters. The summed E-state index contributed by atoms with van der Waals surface area (Å²) in [5, 5.41) is 12.4. The second kappa shape index (κ2) is 20.5. The van der Waals surface area contributed by atoms with Crippen LogP contribution in [0.15, 0.2) is 108 Å². The molecule has 4 heterocycles. The van der Waals surface area contributed by atoms with Gasteiger partial charge in [0, 0.05) is 32.9 Å². The fraction of sp³-hybridized carbons (Fsp3) is 0.250. The van der Waals surface area contributed by atoms with E-state index in [4.69, 9.17) is 76.0 Å². The van der Waals surface area contributed by atoms with Gasteiger partial charge in [-0.05, 0) is 103 Å². The van der Waals surface area contributed by atoms with E-state index in [9.17, 15) is 0 Å². The minimum atomic E-state index is 0.516. The van der Waals surface area contributed by atoms with E-state index < -0.39 is 0 Å². The van der Waals surface area contributed by atoms with E-state index in [1.54, 1.807) is 9.03 Å². The summed E-state index contributed by atoms with van der Waals surface area (Å²) in [7, 11) is 0. The summed E-state index contributed by atoms with van der Waals surface area (Å²) in [4.78, 5) is 10.0. The van der Waals surface area contributed by atoms with Crippen molar-refractivity contribution in [3.05, 3.63) is 139 Å². The van der Waals surface area contributed by atoms with Gasteiger partial charge in [-0.15, -0.1) is 0 Å². The Morgan fingerprint density at radius 1 is 0.574 bits per heavy atom. The predicted octanol–water partition coefficient (Wildman–Crippen LogP) is 15.0. The van der Waals surface area contributed by atoms with Crippen molar-refractivity contribution in [2.24, 2.45) is 0 Å². The summed E-state index contributed by atoms with van der Waals surface area (Å²) < 4.78 is 16.3. The third kappa shape index (κ3) is 9.72. The molecule has 314 valence electrons. The molecular formula is C48H45BrCl4N6O2. The van der Waals surface area contributed by atoms with Crippen molar-refractivity contribution in [2.75, 3.05) is 13.2 Å². The first-order valence-electron chi connectivity index (χ1n) is 20.5. The third-order valence-electron chi connectivity index (χ3n) is 10.00. The largest absolute Gasteiger partial charge is 0.478 e. The van der Waals surface area contributed by atoms with Crippen LogP contribution in [0.3, 0.4) is 0 Å². The molecule has 0 saturated carbocycles. The third-order valence-corrected chi connectivity index (χ3v) is 12.0. The summed E-state index contributed by atoms with van der Waals surface area (Å²) in [5.74, 6) is 1.33. The SMILES string of the molecule is CCCCc1cc(OCC)n2nc(-c3ccccc3Cl)c(-c3ccc(Cl)cc3)c2n1.CCCCc1nc2c(-c3ccc(Cl)cc3)c(-c3ccccc3Cl)nn2c(OCC)c1Br. The number of hydrogen-bond donors (Lipinski definition) is 0. The molecule has 0 aliphatic rings. The summed E-state index contributed by atoms with van der Waals surface area (Å²) >= 11 is 29.1. The fourth-order valence-corrected chi connectivity index (χ4v) is 8.31. The lowest BCUT2D eigenvalue weighted by Gasteiger charge is -2.12. The minimum absolute atomic E-state index is 0.516. The van der Waals surface area contributed by atoms with E-state index in [0.29, 0.717) is 45.1 Å². The molecule has 61 heavy (non-hydrogen) atoms. The lowest BCUT2D eigenvalue weighted by atomic mass is 10.0. The molecule has 0 aliphatic heterocycles. The van der Waals surface area contributed by atoms with Gasteiger partial charge in [-0.25, -0.2) is 9.97 Å². The van der Waals surface area contributed by atoms with E-state index in [1.807, 2.05) is 117 Å². The zero-order valence-corrected chi connectivity index (χ0v) is 39.0. The average Bonchev–Trinajstić information content (AvgIpc) is 3.84. The van der Waals surface area contributed by atoms with Crippen LogP contribution in [0.4, 0.5) is 0 Å². The Morgan fingerprint density at radius 2 is 1.07 bits per heavy atom. The monoisotopic (exact) mass is 956 g/mol. The van der Waals surface area contributed by atoms with E-state index in [1.165, 1.54) is 0 Å². The van der Waals surface area contributed by atoms with Gasteiger partial charge in [0.25, 0.3) is 0 Å². The molecule has 0 radical (unpaired) electrons. The fourth-order valence-electron chi connectivity index (χ4n) is 7.04. The van der Waals surface area contributed by atoms with Crippen LogP contribution in [0.2, 0.25) is 20.1 Å². The molecule has 0 atom stereocenters. The number of aryl methyl sites for hydroxylation is 2. The van der Waals surface area contributed by atoms with Crippen molar-refractivity contribution in [2.45, 2.75) is 66.2 Å². The van der Waals surface area contributed by atoms with E-state index >= 15 is 0 Å². The number of halogens is 5. The number of hydrogen-bond acceptors (Lipinski definition) is 6. The van der Waals surface area contributed by atoms with Crippen LogP contribution in [-0.4, -0.2) is 42.4 Å². The van der Waals surface area contributed by atoms with Crippen molar-refractivity contribution in [3.63, 3.8) is 0 Å². The highest BCUT2D eigenvalue weighted by atomic mass is 79.9. The zero-order valence-electron chi connectivity index (χ0n) is 34.4. The van der Waals surface area contributed by atoms with E-state index in [2.05, 4.69) is 29.8 Å². The summed E-state index contributed by atoms with van der Waals surface area (Å²) in [5.41, 5.74) is 10.4. The van der Waals surface area contributed by atoms with Crippen LogP contribution in [0.1, 0.15) is 64.8 Å². The summed E-state index contributed by atoms with van der Waals surface area (Å²) in [6.07, 6.45) is 6.02. The summed E-state index contributed by atoms with van der Waals surface area (Å²) in [6, 6.07) is 32.8. The molecule has 0 fully saturated rings. The molecular weight excluding hydrogens is 914 g/mol. The van der Waals surface area contributed by atoms with Crippen molar-refractivity contribution in [3.8, 4) is 56.5 Å². The second-order valence-corrected chi connectivity index (χ2v) is 16.7. The molecule has 13 heteroatoms. The highest BCUT2D eigenvalue weighted by Gasteiger charge is 2.25. The zero-order chi connectivity index (χ0) is 43.0. The average molecular weight is 960 g/mol. The van der Waals surface area contributed by atoms with Gasteiger partial charge in [0.15, 0.2) is 11.3 Å². The lowest BCUT2D eigenvalue weighted by molar-refractivity contribution is 0.314. The van der Waals surface area contributed by atoms with Gasteiger partial charge in [0.1, 0.15) is 15.9 Å². The van der Waals surface area contributed by atoms with Gasteiger partial charge < -0.3 is 9.47 Å². The number of aromatic nitrogens is 6. The number of fused-ring (bicyclic) bond motifs is 2. The van der Waals surface area contributed by atoms with Gasteiger partial charge in [0.2, 0.25) is 11.8 Å². The molecule has 0 spiro atoms. The Bertz CT molecular complexity index is 2770. The van der Waals surface area contributed by atoms with Crippen molar-refractivity contribution in [1.29, 1.82) is 0 Å². The molecule has 8 nitrogen and oxygen atoms in total. The quantitative estimate of drug-likeness (QED) is 0.108. The first kappa shape index (κ1) is 44.4. The van der Waals surface area contributed by atoms with Gasteiger partial charge in [-0.1, -0.05) is 134 Å². The molecule has 8 aromatic rings. The number of benzene rings is 4. The molecule has 8 rings (SSSR count). The maximum absolute atomic E-state index is 6.57. The number of ether oxygens (including phenoxy) is 2. The Labute approximate surface area is 384 Å². The van der Waals surface area contributed by atoms with Crippen molar-refractivity contribution >= 4 is 73.6 Å². The van der Waals surface area contributed by atoms with Gasteiger partial charge in [-0.2, -0.15) is 19.2 Å². The maximum Gasteiger partial charge on any atom is 0.233 e. The molecule has 0 N–H and O–H groups in total.